The van der Waals surface area contributed by atoms with Crippen molar-refractivity contribution in [2.24, 2.45) is 0 Å². The molecule has 4 nitrogen and oxygen atoms in total. The van der Waals surface area contributed by atoms with Crippen LogP contribution in [0, 0.1) is 0 Å². The Kier molecular flexibility index (Phi) is 3.17. The van der Waals surface area contributed by atoms with E-state index in [9.17, 15) is 4.79 Å². The molecular formula is C10H15NO3. The standard InChI is InChI=1S/C10H15NO3/c1-4-11(7(2)3)9-6-5-8(14-9)10(12)13/h5-7H,4H2,1-3H3,(H,12,13). The van der Waals surface area contributed by atoms with Crippen LogP contribution in [0.4, 0.5) is 5.88 Å². The van der Waals surface area contributed by atoms with Crippen molar-refractivity contribution in [3.8, 4) is 0 Å². The van der Waals surface area contributed by atoms with E-state index in [4.69, 9.17) is 9.52 Å². The van der Waals surface area contributed by atoms with E-state index >= 15 is 0 Å². The Morgan fingerprint density at radius 2 is 2.21 bits per heavy atom. The molecule has 0 aliphatic rings. The highest BCUT2D eigenvalue weighted by Gasteiger charge is 2.15. The Morgan fingerprint density at radius 1 is 1.57 bits per heavy atom. The molecule has 0 aliphatic carbocycles. The third kappa shape index (κ3) is 2.07. The third-order valence-corrected chi connectivity index (χ3v) is 2.05. The van der Waals surface area contributed by atoms with Crippen molar-refractivity contribution in [3.63, 3.8) is 0 Å². The van der Waals surface area contributed by atoms with Crippen molar-refractivity contribution in [2.75, 3.05) is 11.4 Å². The Labute approximate surface area is 83.1 Å². The van der Waals surface area contributed by atoms with E-state index in [0.29, 0.717) is 11.9 Å². The molecule has 0 bridgehead atoms. The molecule has 14 heavy (non-hydrogen) atoms. The SMILES string of the molecule is CCN(c1ccc(C(=O)O)o1)C(C)C. The number of carbonyl (C=O) groups is 1. The first-order valence-corrected chi connectivity index (χ1v) is 4.66. The number of carboxylic acid groups (broad SMARTS) is 1. The summed E-state index contributed by atoms with van der Waals surface area (Å²) in [5.74, 6) is -0.435. The van der Waals surface area contributed by atoms with Gasteiger partial charge in [0.15, 0.2) is 5.88 Å². The van der Waals surface area contributed by atoms with E-state index in [0.717, 1.165) is 6.54 Å². The molecule has 0 amide bonds. The Hall–Kier alpha value is -1.45. The average Bonchev–Trinajstić information content (AvgIpc) is 2.53. The number of furan rings is 1. The zero-order valence-corrected chi connectivity index (χ0v) is 8.65. The van der Waals surface area contributed by atoms with Gasteiger partial charge in [-0.05, 0) is 26.8 Å². The predicted molar refractivity (Wildman–Crippen MR) is 53.8 cm³/mol. The second-order valence-electron chi connectivity index (χ2n) is 3.32. The molecule has 1 rings (SSSR count). The lowest BCUT2D eigenvalue weighted by atomic mass is 10.3. The van der Waals surface area contributed by atoms with E-state index < -0.39 is 5.97 Å². The van der Waals surface area contributed by atoms with Crippen LogP contribution in [0.15, 0.2) is 16.5 Å². The van der Waals surface area contributed by atoms with E-state index in [2.05, 4.69) is 0 Å². The van der Waals surface area contributed by atoms with E-state index in [-0.39, 0.29) is 5.76 Å². The van der Waals surface area contributed by atoms with Gasteiger partial charge in [0, 0.05) is 18.7 Å². The van der Waals surface area contributed by atoms with Crippen LogP contribution in [0.5, 0.6) is 0 Å². The van der Waals surface area contributed by atoms with Gasteiger partial charge in [-0.25, -0.2) is 4.79 Å². The van der Waals surface area contributed by atoms with E-state index in [1.54, 1.807) is 6.07 Å². The summed E-state index contributed by atoms with van der Waals surface area (Å²) in [6.45, 7) is 6.87. The quantitative estimate of drug-likeness (QED) is 0.804. The minimum atomic E-state index is -1.03. The molecular weight excluding hydrogens is 182 g/mol. The van der Waals surface area contributed by atoms with Crippen LogP contribution < -0.4 is 4.90 Å². The molecule has 0 spiro atoms. The first kappa shape index (κ1) is 10.6. The van der Waals surface area contributed by atoms with Gasteiger partial charge in [-0.3, -0.25) is 0 Å². The Morgan fingerprint density at radius 3 is 2.57 bits per heavy atom. The van der Waals surface area contributed by atoms with Crippen LogP contribution >= 0.6 is 0 Å². The first-order chi connectivity index (χ1) is 6.56. The maximum atomic E-state index is 10.6. The summed E-state index contributed by atoms with van der Waals surface area (Å²) in [7, 11) is 0. The highest BCUT2D eigenvalue weighted by molar-refractivity contribution is 5.84. The third-order valence-electron chi connectivity index (χ3n) is 2.05. The molecule has 1 aromatic heterocycles. The fourth-order valence-electron chi connectivity index (χ4n) is 1.37. The summed E-state index contributed by atoms with van der Waals surface area (Å²) >= 11 is 0. The molecule has 0 radical (unpaired) electrons. The number of aromatic carboxylic acids is 1. The van der Waals surface area contributed by atoms with Crippen LogP contribution in [0.2, 0.25) is 0 Å². The highest BCUT2D eigenvalue weighted by atomic mass is 16.4. The molecule has 78 valence electrons. The first-order valence-electron chi connectivity index (χ1n) is 4.66. The lowest BCUT2D eigenvalue weighted by molar-refractivity contribution is 0.0663. The maximum Gasteiger partial charge on any atom is 0.371 e. The molecule has 1 N–H and O–H groups in total. The Bertz CT molecular complexity index is 317. The van der Waals surface area contributed by atoms with Crippen molar-refractivity contribution >= 4 is 11.9 Å². The summed E-state index contributed by atoms with van der Waals surface area (Å²) in [5.41, 5.74) is 0. The van der Waals surface area contributed by atoms with E-state index in [1.165, 1.54) is 6.07 Å². The van der Waals surface area contributed by atoms with Crippen molar-refractivity contribution < 1.29 is 14.3 Å². The van der Waals surface area contributed by atoms with Crippen LogP contribution in [0.1, 0.15) is 31.3 Å². The molecule has 0 fully saturated rings. The molecule has 0 saturated carbocycles. The number of anilines is 1. The molecule has 0 aliphatic heterocycles. The van der Waals surface area contributed by atoms with Crippen molar-refractivity contribution in [1.82, 2.24) is 0 Å². The van der Waals surface area contributed by atoms with Crippen molar-refractivity contribution in [2.45, 2.75) is 26.8 Å². The van der Waals surface area contributed by atoms with Crippen LogP contribution in [-0.4, -0.2) is 23.7 Å². The lowest BCUT2D eigenvalue weighted by Gasteiger charge is -2.24. The van der Waals surface area contributed by atoms with Crippen LogP contribution in [0.25, 0.3) is 0 Å². The summed E-state index contributed by atoms with van der Waals surface area (Å²) in [5, 5.41) is 8.68. The second kappa shape index (κ2) is 4.17. The molecule has 0 unspecified atom stereocenters. The fourth-order valence-corrected chi connectivity index (χ4v) is 1.37. The van der Waals surface area contributed by atoms with Gasteiger partial charge in [0.1, 0.15) is 0 Å². The van der Waals surface area contributed by atoms with Crippen molar-refractivity contribution in [1.29, 1.82) is 0 Å². The number of nitrogens with zero attached hydrogens (tertiary/aromatic N) is 1. The molecule has 1 heterocycles. The average molecular weight is 197 g/mol. The van der Waals surface area contributed by atoms with Crippen LogP contribution in [0.3, 0.4) is 0 Å². The zero-order valence-electron chi connectivity index (χ0n) is 8.65. The summed E-state index contributed by atoms with van der Waals surface area (Å²) in [4.78, 5) is 12.6. The van der Waals surface area contributed by atoms with Gasteiger partial charge in [-0.1, -0.05) is 0 Å². The topological polar surface area (TPSA) is 53.7 Å². The monoisotopic (exact) mass is 197 g/mol. The largest absolute Gasteiger partial charge is 0.475 e. The molecule has 0 saturated heterocycles. The van der Waals surface area contributed by atoms with Gasteiger partial charge in [0.05, 0.1) is 0 Å². The summed E-state index contributed by atoms with van der Waals surface area (Å²) < 4.78 is 5.19. The number of rotatable bonds is 4. The minimum Gasteiger partial charge on any atom is -0.475 e. The van der Waals surface area contributed by atoms with Gasteiger partial charge in [-0.2, -0.15) is 0 Å². The molecule has 4 heteroatoms. The van der Waals surface area contributed by atoms with Gasteiger partial charge in [-0.15, -0.1) is 0 Å². The minimum absolute atomic E-state index is 0.0147. The summed E-state index contributed by atoms with van der Waals surface area (Å²) in [6.07, 6.45) is 0. The maximum absolute atomic E-state index is 10.6. The number of carboxylic acids is 1. The van der Waals surface area contributed by atoms with E-state index in [1.807, 2.05) is 25.7 Å². The zero-order chi connectivity index (χ0) is 10.7. The highest BCUT2D eigenvalue weighted by Crippen LogP contribution is 2.20. The fraction of sp³-hybridized carbons (Fsp3) is 0.500. The van der Waals surface area contributed by atoms with Crippen molar-refractivity contribution in [3.05, 3.63) is 17.9 Å². The molecule has 0 atom stereocenters. The number of hydrogen-bond donors (Lipinski definition) is 1. The lowest BCUT2D eigenvalue weighted by Crippen LogP contribution is -2.29. The van der Waals surface area contributed by atoms with Crippen LogP contribution in [-0.2, 0) is 0 Å². The van der Waals surface area contributed by atoms with Gasteiger partial charge < -0.3 is 14.4 Å². The normalized spacial score (nSPS) is 10.6. The van der Waals surface area contributed by atoms with Gasteiger partial charge >= 0.3 is 5.97 Å². The van der Waals surface area contributed by atoms with Gasteiger partial charge in [0.2, 0.25) is 5.76 Å². The smallest absolute Gasteiger partial charge is 0.371 e. The van der Waals surface area contributed by atoms with Gasteiger partial charge in [0.25, 0.3) is 0 Å². The molecule has 1 aromatic rings. The Balaban J connectivity index is 2.89. The predicted octanol–water partition coefficient (Wildman–Crippen LogP) is 2.21. The number of hydrogen-bond acceptors (Lipinski definition) is 3. The molecule has 0 aromatic carbocycles. The summed E-state index contributed by atoms with van der Waals surface area (Å²) in [6, 6.07) is 3.46. The second-order valence-corrected chi connectivity index (χ2v) is 3.32.